The van der Waals surface area contributed by atoms with Crippen LogP contribution in [0.1, 0.15) is 31.9 Å². The van der Waals surface area contributed by atoms with Crippen molar-refractivity contribution in [3.8, 4) is 5.75 Å². The molecule has 0 bridgehead atoms. The maximum atomic E-state index is 13.7. The number of methoxy groups -OCH3 is 1. The normalized spacial score (nSPS) is 23.9. The first-order valence-electron chi connectivity index (χ1n) is 6.96. The van der Waals surface area contributed by atoms with E-state index < -0.39 is 0 Å². The number of hydrogen-bond donors (Lipinski definition) is 1. The summed E-state index contributed by atoms with van der Waals surface area (Å²) in [6, 6.07) is 3.35. The molecule has 1 fully saturated rings. The summed E-state index contributed by atoms with van der Waals surface area (Å²) in [5, 5.41) is 3.49. The number of hydrogen-bond acceptors (Lipinski definition) is 3. The Hall–Kier alpha value is -0.650. The fraction of sp³-hybridized carbons (Fsp3) is 0.600. The molecule has 1 aliphatic rings. The Morgan fingerprint density at radius 2 is 2.30 bits per heavy atom. The topological polar surface area (TPSA) is 30.5 Å². The summed E-state index contributed by atoms with van der Waals surface area (Å²) in [5.41, 5.74) is 0.977. The van der Waals surface area contributed by atoms with Gasteiger partial charge in [-0.2, -0.15) is 0 Å². The zero-order valence-corrected chi connectivity index (χ0v) is 13.7. The van der Waals surface area contributed by atoms with E-state index >= 15 is 0 Å². The molecular weight excluding hydrogens is 325 g/mol. The van der Waals surface area contributed by atoms with Crippen LogP contribution in [0.15, 0.2) is 16.6 Å². The molecule has 3 atom stereocenters. The van der Waals surface area contributed by atoms with Gasteiger partial charge in [-0.3, -0.25) is 0 Å². The van der Waals surface area contributed by atoms with Crippen LogP contribution in [0.25, 0.3) is 0 Å². The molecule has 0 aromatic heterocycles. The first-order valence-corrected chi connectivity index (χ1v) is 7.75. The predicted molar refractivity (Wildman–Crippen MR) is 80.6 cm³/mol. The number of nitrogens with one attached hydrogen (secondary N) is 1. The molecule has 0 aliphatic carbocycles. The predicted octanol–water partition coefficient (Wildman–Crippen LogP) is 3.67. The molecule has 3 unspecified atom stereocenters. The van der Waals surface area contributed by atoms with Gasteiger partial charge >= 0.3 is 0 Å². The van der Waals surface area contributed by atoms with Crippen LogP contribution >= 0.6 is 15.9 Å². The SMILES string of the molecule is CCNC(c1cc(Br)c(F)cc1OC)C1CCOC1C. The molecule has 1 aliphatic heterocycles. The van der Waals surface area contributed by atoms with Gasteiger partial charge in [0.25, 0.3) is 0 Å². The van der Waals surface area contributed by atoms with E-state index in [9.17, 15) is 4.39 Å². The maximum Gasteiger partial charge on any atom is 0.141 e. The molecule has 1 heterocycles. The molecule has 0 spiro atoms. The lowest BCUT2D eigenvalue weighted by Gasteiger charge is -2.28. The summed E-state index contributed by atoms with van der Waals surface area (Å²) >= 11 is 3.26. The average molecular weight is 346 g/mol. The van der Waals surface area contributed by atoms with Crippen LogP contribution in [0.2, 0.25) is 0 Å². The third-order valence-corrected chi connectivity index (χ3v) is 4.50. The van der Waals surface area contributed by atoms with Gasteiger partial charge in [-0.05, 0) is 41.9 Å². The van der Waals surface area contributed by atoms with E-state index in [4.69, 9.17) is 9.47 Å². The minimum Gasteiger partial charge on any atom is -0.496 e. The molecule has 0 amide bonds. The lowest BCUT2D eigenvalue weighted by atomic mass is 9.87. The third kappa shape index (κ3) is 3.15. The van der Waals surface area contributed by atoms with Crippen LogP contribution < -0.4 is 10.1 Å². The van der Waals surface area contributed by atoms with Crippen LogP contribution in [0, 0.1) is 11.7 Å². The molecule has 2 rings (SSSR count). The number of rotatable bonds is 5. The second-order valence-electron chi connectivity index (χ2n) is 5.07. The smallest absolute Gasteiger partial charge is 0.141 e. The number of halogens is 2. The highest BCUT2D eigenvalue weighted by atomic mass is 79.9. The minimum absolute atomic E-state index is 0.101. The zero-order valence-electron chi connectivity index (χ0n) is 12.1. The molecule has 20 heavy (non-hydrogen) atoms. The molecule has 112 valence electrons. The van der Waals surface area contributed by atoms with Crippen molar-refractivity contribution in [2.75, 3.05) is 20.3 Å². The quantitative estimate of drug-likeness (QED) is 0.882. The standard InChI is InChI=1S/C15H21BrFNO2/c1-4-18-15(10-5-6-20-9(10)2)11-7-12(16)13(17)8-14(11)19-3/h7-10,15,18H,4-6H2,1-3H3. The lowest BCUT2D eigenvalue weighted by molar-refractivity contribution is 0.0952. The Labute approximate surface area is 128 Å². The molecule has 1 aromatic carbocycles. The molecular formula is C15H21BrFNO2. The van der Waals surface area contributed by atoms with Crippen LogP contribution in [-0.4, -0.2) is 26.4 Å². The highest BCUT2D eigenvalue weighted by Gasteiger charge is 2.34. The number of ether oxygens (including phenoxy) is 2. The molecule has 3 nitrogen and oxygen atoms in total. The van der Waals surface area contributed by atoms with Crippen molar-refractivity contribution in [1.29, 1.82) is 0 Å². The van der Waals surface area contributed by atoms with Gasteiger partial charge in [0.15, 0.2) is 0 Å². The van der Waals surface area contributed by atoms with Crippen molar-refractivity contribution in [3.05, 3.63) is 28.0 Å². The van der Waals surface area contributed by atoms with E-state index in [-0.39, 0.29) is 18.0 Å². The second kappa shape index (κ2) is 6.87. The summed E-state index contributed by atoms with van der Waals surface area (Å²) in [5.74, 6) is 0.633. The van der Waals surface area contributed by atoms with E-state index in [2.05, 4.69) is 35.1 Å². The minimum atomic E-state index is -0.309. The van der Waals surface area contributed by atoms with Gasteiger partial charge < -0.3 is 14.8 Å². The second-order valence-corrected chi connectivity index (χ2v) is 5.93. The zero-order chi connectivity index (χ0) is 14.7. The van der Waals surface area contributed by atoms with Crippen LogP contribution in [0.4, 0.5) is 4.39 Å². The van der Waals surface area contributed by atoms with Crippen molar-refractivity contribution in [2.45, 2.75) is 32.4 Å². The molecule has 5 heteroatoms. The van der Waals surface area contributed by atoms with E-state index in [0.717, 1.165) is 25.1 Å². The largest absolute Gasteiger partial charge is 0.496 e. The van der Waals surface area contributed by atoms with Gasteiger partial charge in [-0.15, -0.1) is 0 Å². The van der Waals surface area contributed by atoms with Crippen molar-refractivity contribution in [2.24, 2.45) is 5.92 Å². The van der Waals surface area contributed by atoms with Gasteiger partial charge in [-0.1, -0.05) is 6.92 Å². The van der Waals surface area contributed by atoms with Crippen molar-refractivity contribution >= 4 is 15.9 Å². The highest BCUT2D eigenvalue weighted by molar-refractivity contribution is 9.10. The summed E-state index contributed by atoms with van der Waals surface area (Å²) in [7, 11) is 1.57. The Kier molecular flexibility index (Phi) is 5.41. The Bertz CT molecular complexity index is 469. The first kappa shape index (κ1) is 15.7. The lowest BCUT2D eigenvalue weighted by Crippen LogP contribution is -2.32. The summed E-state index contributed by atoms with van der Waals surface area (Å²) in [6.07, 6.45) is 1.18. The van der Waals surface area contributed by atoms with Gasteiger partial charge in [0.1, 0.15) is 11.6 Å². The Morgan fingerprint density at radius 3 is 2.85 bits per heavy atom. The first-order chi connectivity index (χ1) is 9.58. The van der Waals surface area contributed by atoms with E-state index in [0.29, 0.717) is 16.1 Å². The van der Waals surface area contributed by atoms with Crippen LogP contribution in [-0.2, 0) is 4.74 Å². The number of benzene rings is 1. The van der Waals surface area contributed by atoms with Gasteiger partial charge in [-0.25, -0.2) is 4.39 Å². The summed E-state index contributed by atoms with van der Waals surface area (Å²) in [6.45, 7) is 5.77. The highest BCUT2D eigenvalue weighted by Crippen LogP contribution is 2.39. The summed E-state index contributed by atoms with van der Waals surface area (Å²) < 4.78 is 25.2. The third-order valence-electron chi connectivity index (χ3n) is 3.89. The monoisotopic (exact) mass is 345 g/mol. The molecule has 1 aromatic rings. The van der Waals surface area contributed by atoms with E-state index in [1.54, 1.807) is 7.11 Å². The maximum absolute atomic E-state index is 13.7. The van der Waals surface area contributed by atoms with Gasteiger partial charge in [0.05, 0.1) is 17.7 Å². The van der Waals surface area contributed by atoms with Crippen LogP contribution in [0.5, 0.6) is 5.75 Å². The van der Waals surface area contributed by atoms with Gasteiger partial charge in [0, 0.05) is 30.2 Å². The fourth-order valence-electron chi connectivity index (χ4n) is 2.86. The molecule has 1 N–H and O–H groups in total. The van der Waals surface area contributed by atoms with E-state index in [1.165, 1.54) is 6.07 Å². The van der Waals surface area contributed by atoms with Gasteiger partial charge in [0.2, 0.25) is 0 Å². The van der Waals surface area contributed by atoms with Crippen molar-refractivity contribution < 1.29 is 13.9 Å². The summed E-state index contributed by atoms with van der Waals surface area (Å²) in [4.78, 5) is 0. The Morgan fingerprint density at radius 1 is 1.55 bits per heavy atom. The molecule has 0 saturated carbocycles. The molecule has 1 saturated heterocycles. The van der Waals surface area contributed by atoms with Crippen LogP contribution in [0.3, 0.4) is 0 Å². The fourth-order valence-corrected chi connectivity index (χ4v) is 3.22. The Balaban J connectivity index is 2.40. The van der Waals surface area contributed by atoms with E-state index in [1.807, 2.05) is 6.07 Å². The van der Waals surface area contributed by atoms with Crippen molar-refractivity contribution in [3.63, 3.8) is 0 Å². The average Bonchev–Trinajstić information content (AvgIpc) is 2.85. The molecule has 0 radical (unpaired) electrons. The van der Waals surface area contributed by atoms with Crippen molar-refractivity contribution in [1.82, 2.24) is 5.32 Å².